The molecule has 0 saturated heterocycles. The van der Waals surface area contributed by atoms with E-state index in [1.165, 1.54) is 11.3 Å². The first kappa shape index (κ1) is 9.85. The molecule has 0 saturated carbocycles. The SMILES string of the molecule is Cc1ccc(-c2nnc(N)s2)c(=O)n1C. The molecule has 0 aromatic carbocycles. The summed E-state index contributed by atoms with van der Waals surface area (Å²) in [5.41, 5.74) is 6.84. The molecule has 6 heteroatoms. The van der Waals surface area contributed by atoms with Crippen LogP contribution in [0.15, 0.2) is 16.9 Å². The maximum absolute atomic E-state index is 11.9. The maximum atomic E-state index is 11.9. The lowest BCUT2D eigenvalue weighted by atomic mass is 10.2. The number of hydrogen-bond acceptors (Lipinski definition) is 5. The van der Waals surface area contributed by atoms with Crippen molar-refractivity contribution in [3.63, 3.8) is 0 Å². The van der Waals surface area contributed by atoms with Gasteiger partial charge in [0.15, 0.2) is 5.01 Å². The largest absolute Gasteiger partial charge is 0.374 e. The third-order valence-corrected chi connectivity index (χ3v) is 3.01. The van der Waals surface area contributed by atoms with Gasteiger partial charge >= 0.3 is 0 Å². The number of aryl methyl sites for hydroxylation is 1. The summed E-state index contributed by atoms with van der Waals surface area (Å²) in [6.45, 7) is 1.87. The molecule has 0 aliphatic heterocycles. The Morgan fingerprint density at radius 3 is 2.73 bits per heavy atom. The third kappa shape index (κ3) is 1.63. The summed E-state index contributed by atoms with van der Waals surface area (Å²) in [5, 5.41) is 8.46. The minimum Gasteiger partial charge on any atom is -0.374 e. The van der Waals surface area contributed by atoms with Crippen LogP contribution in [-0.4, -0.2) is 14.8 Å². The Morgan fingerprint density at radius 1 is 1.40 bits per heavy atom. The molecule has 0 bridgehead atoms. The molecule has 2 N–H and O–H groups in total. The molecule has 15 heavy (non-hydrogen) atoms. The minimum absolute atomic E-state index is 0.0776. The van der Waals surface area contributed by atoms with Gasteiger partial charge < -0.3 is 10.3 Å². The van der Waals surface area contributed by atoms with Crippen molar-refractivity contribution in [1.82, 2.24) is 14.8 Å². The second kappa shape index (κ2) is 3.47. The Hall–Kier alpha value is -1.69. The average Bonchev–Trinajstić information content (AvgIpc) is 2.61. The molecule has 0 atom stereocenters. The Bertz CT molecular complexity index is 557. The van der Waals surface area contributed by atoms with Crippen LogP contribution in [0.5, 0.6) is 0 Å². The molecule has 0 fully saturated rings. The quantitative estimate of drug-likeness (QED) is 0.774. The number of pyridine rings is 1. The van der Waals surface area contributed by atoms with Crippen molar-refractivity contribution in [3.05, 3.63) is 28.2 Å². The van der Waals surface area contributed by atoms with Gasteiger partial charge in [-0.2, -0.15) is 0 Å². The molecule has 0 unspecified atom stereocenters. The molecule has 2 aromatic rings. The van der Waals surface area contributed by atoms with Crippen molar-refractivity contribution < 1.29 is 0 Å². The van der Waals surface area contributed by atoms with E-state index >= 15 is 0 Å². The fraction of sp³-hybridized carbons (Fsp3) is 0.222. The number of aromatic nitrogens is 3. The molecule has 78 valence electrons. The smallest absolute Gasteiger partial charge is 0.260 e. The summed E-state index contributed by atoms with van der Waals surface area (Å²) in [4.78, 5) is 11.9. The van der Waals surface area contributed by atoms with Crippen LogP contribution >= 0.6 is 11.3 Å². The Kier molecular flexibility index (Phi) is 2.28. The van der Waals surface area contributed by atoms with E-state index in [0.717, 1.165) is 5.69 Å². The van der Waals surface area contributed by atoms with Crippen LogP contribution in [0.25, 0.3) is 10.6 Å². The highest BCUT2D eigenvalue weighted by Crippen LogP contribution is 2.21. The van der Waals surface area contributed by atoms with Crippen LogP contribution in [-0.2, 0) is 7.05 Å². The second-order valence-corrected chi connectivity index (χ2v) is 4.21. The number of hydrogen-bond donors (Lipinski definition) is 1. The first-order valence-electron chi connectivity index (χ1n) is 4.35. The Labute approximate surface area is 90.2 Å². The van der Waals surface area contributed by atoms with Crippen molar-refractivity contribution in [2.24, 2.45) is 7.05 Å². The maximum Gasteiger partial charge on any atom is 0.260 e. The summed E-state index contributed by atoms with van der Waals surface area (Å²) in [5.74, 6) is 0. The normalized spacial score (nSPS) is 10.5. The van der Waals surface area contributed by atoms with Crippen LogP contribution in [0, 0.1) is 6.92 Å². The summed E-state index contributed by atoms with van der Waals surface area (Å²) in [7, 11) is 1.73. The highest BCUT2D eigenvalue weighted by molar-refractivity contribution is 7.18. The topological polar surface area (TPSA) is 73.8 Å². The zero-order valence-corrected chi connectivity index (χ0v) is 9.21. The van der Waals surface area contributed by atoms with E-state index < -0.39 is 0 Å². The lowest BCUT2D eigenvalue weighted by molar-refractivity contribution is 0.820. The van der Waals surface area contributed by atoms with E-state index in [9.17, 15) is 4.79 Å². The molecule has 2 rings (SSSR count). The highest BCUT2D eigenvalue weighted by atomic mass is 32.1. The lowest BCUT2D eigenvalue weighted by Crippen LogP contribution is -2.20. The lowest BCUT2D eigenvalue weighted by Gasteiger charge is -2.03. The first-order chi connectivity index (χ1) is 7.09. The van der Waals surface area contributed by atoms with Gasteiger partial charge in [0, 0.05) is 12.7 Å². The standard InChI is InChI=1S/C9H10N4OS/c1-5-3-4-6(8(14)13(5)2)7-11-12-9(10)15-7/h3-4H,1-2H3,(H2,10,12). The monoisotopic (exact) mass is 222 g/mol. The van der Waals surface area contributed by atoms with Crippen molar-refractivity contribution in [2.45, 2.75) is 6.92 Å². The molecular formula is C9H10N4OS. The molecule has 0 spiro atoms. The molecular weight excluding hydrogens is 212 g/mol. The highest BCUT2D eigenvalue weighted by Gasteiger charge is 2.10. The van der Waals surface area contributed by atoms with E-state index in [1.807, 2.05) is 13.0 Å². The average molecular weight is 222 g/mol. The second-order valence-electron chi connectivity index (χ2n) is 3.20. The Morgan fingerprint density at radius 2 is 2.13 bits per heavy atom. The summed E-state index contributed by atoms with van der Waals surface area (Å²) >= 11 is 1.21. The van der Waals surface area contributed by atoms with E-state index in [0.29, 0.717) is 15.7 Å². The van der Waals surface area contributed by atoms with Gasteiger partial charge in [0.25, 0.3) is 5.56 Å². The van der Waals surface area contributed by atoms with Gasteiger partial charge in [-0.25, -0.2) is 0 Å². The van der Waals surface area contributed by atoms with E-state index in [1.54, 1.807) is 17.7 Å². The van der Waals surface area contributed by atoms with Crippen LogP contribution < -0.4 is 11.3 Å². The van der Waals surface area contributed by atoms with E-state index in [-0.39, 0.29) is 5.56 Å². The van der Waals surface area contributed by atoms with Crippen molar-refractivity contribution in [3.8, 4) is 10.6 Å². The number of nitrogen functional groups attached to an aromatic ring is 1. The minimum atomic E-state index is -0.0776. The zero-order chi connectivity index (χ0) is 11.0. The molecule has 5 nitrogen and oxygen atoms in total. The summed E-state index contributed by atoms with van der Waals surface area (Å²) in [6, 6.07) is 3.62. The number of anilines is 1. The van der Waals surface area contributed by atoms with Crippen molar-refractivity contribution >= 4 is 16.5 Å². The molecule has 2 aromatic heterocycles. The predicted molar refractivity (Wildman–Crippen MR) is 59.7 cm³/mol. The van der Waals surface area contributed by atoms with E-state index in [4.69, 9.17) is 5.73 Å². The van der Waals surface area contributed by atoms with Crippen molar-refractivity contribution in [1.29, 1.82) is 0 Å². The van der Waals surface area contributed by atoms with Crippen LogP contribution in [0.4, 0.5) is 5.13 Å². The van der Waals surface area contributed by atoms with Gasteiger partial charge in [0.2, 0.25) is 5.13 Å². The number of nitrogens with two attached hydrogens (primary N) is 1. The molecule has 0 aliphatic rings. The third-order valence-electron chi connectivity index (χ3n) is 2.23. The van der Waals surface area contributed by atoms with Gasteiger partial charge in [-0.3, -0.25) is 4.79 Å². The van der Waals surface area contributed by atoms with Gasteiger partial charge in [0.1, 0.15) is 0 Å². The van der Waals surface area contributed by atoms with Gasteiger partial charge in [-0.05, 0) is 19.1 Å². The molecule has 0 radical (unpaired) electrons. The number of nitrogens with zero attached hydrogens (tertiary/aromatic N) is 3. The van der Waals surface area contributed by atoms with Crippen LogP contribution in [0.1, 0.15) is 5.69 Å². The fourth-order valence-electron chi connectivity index (χ4n) is 1.23. The summed E-state index contributed by atoms with van der Waals surface area (Å²) in [6.07, 6.45) is 0. The summed E-state index contributed by atoms with van der Waals surface area (Å²) < 4.78 is 1.58. The molecule has 0 amide bonds. The Balaban J connectivity index is 2.65. The zero-order valence-electron chi connectivity index (χ0n) is 8.39. The van der Waals surface area contributed by atoms with Crippen molar-refractivity contribution in [2.75, 3.05) is 5.73 Å². The predicted octanol–water partition coefficient (Wildman–Crippen LogP) is 0.794. The van der Waals surface area contributed by atoms with Gasteiger partial charge in [-0.1, -0.05) is 11.3 Å². The molecule has 2 heterocycles. The van der Waals surface area contributed by atoms with Gasteiger partial charge in [0.05, 0.1) is 5.56 Å². The van der Waals surface area contributed by atoms with Crippen LogP contribution in [0.2, 0.25) is 0 Å². The first-order valence-corrected chi connectivity index (χ1v) is 5.17. The molecule has 0 aliphatic carbocycles. The van der Waals surface area contributed by atoms with E-state index in [2.05, 4.69) is 10.2 Å². The van der Waals surface area contributed by atoms with Crippen LogP contribution in [0.3, 0.4) is 0 Å². The van der Waals surface area contributed by atoms with Gasteiger partial charge in [-0.15, -0.1) is 10.2 Å². The number of rotatable bonds is 1. The fourth-order valence-corrected chi connectivity index (χ4v) is 1.86.